The second kappa shape index (κ2) is 5.92. The highest BCUT2D eigenvalue weighted by Crippen LogP contribution is 2.37. The lowest BCUT2D eigenvalue weighted by atomic mass is 9.77. The molecule has 1 atom stereocenters. The van der Waals surface area contributed by atoms with Crippen molar-refractivity contribution in [2.75, 3.05) is 7.05 Å². The molecule has 0 saturated heterocycles. The molecule has 1 saturated carbocycles. The molecule has 20 heavy (non-hydrogen) atoms. The smallest absolute Gasteiger partial charge is 0.0705 e. The minimum atomic E-state index is 0.467. The average Bonchev–Trinajstić information content (AvgIpc) is 2.50. The Bertz CT molecular complexity index is 570. The van der Waals surface area contributed by atoms with Crippen LogP contribution in [0.15, 0.2) is 36.5 Å². The lowest BCUT2D eigenvalue weighted by Crippen LogP contribution is -2.28. The molecular weight excluding hydrogens is 244 g/mol. The van der Waals surface area contributed by atoms with Crippen molar-refractivity contribution in [2.45, 2.75) is 38.6 Å². The van der Waals surface area contributed by atoms with E-state index in [9.17, 15) is 0 Å². The zero-order chi connectivity index (χ0) is 13.9. The highest BCUT2D eigenvalue weighted by molar-refractivity contribution is 5.79. The molecule has 1 unspecified atom stereocenters. The first kappa shape index (κ1) is 13.6. The number of aromatic nitrogens is 1. The zero-order valence-corrected chi connectivity index (χ0v) is 12.5. The van der Waals surface area contributed by atoms with Gasteiger partial charge in [-0.15, -0.1) is 0 Å². The summed E-state index contributed by atoms with van der Waals surface area (Å²) < 4.78 is 0. The predicted octanol–water partition coefficient (Wildman–Crippen LogP) is 4.32. The van der Waals surface area contributed by atoms with Crippen molar-refractivity contribution in [1.29, 1.82) is 0 Å². The predicted molar refractivity (Wildman–Crippen MR) is 84.7 cm³/mol. The van der Waals surface area contributed by atoms with Gasteiger partial charge in [0, 0.05) is 17.6 Å². The lowest BCUT2D eigenvalue weighted by Gasteiger charge is -2.33. The fourth-order valence-corrected chi connectivity index (χ4v) is 3.57. The molecule has 0 amide bonds. The number of fused-ring (bicyclic) bond motifs is 1. The normalized spacial score (nSPS) is 24.7. The fraction of sp³-hybridized carbons (Fsp3) is 0.500. The van der Waals surface area contributed by atoms with Gasteiger partial charge in [0.05, 0.1) is 5.52 Å². The van der Waals surface area contributed by atoms with Crippen LogP contribution in [0.4, 0.5) is 0 Å². The van der Waals surface area contributed by atoms with E-state index >= 15 is 0 Å². The SMILES string of the molecule is CNC(c1ccc2cccnc2c1)C1CCC(C)CC1. The summed E-state index contributed by atoms with van der Waals surface area (Å²) >= 11 is 0. The summed E-state index contributed by atoms with van der Waals surface area (Å²) in [6, 6.07) is 11.3. The van der Waals surface area contributed by atoms with E-state index in [1.807, 2.05) is 12.3 Å². The monoisotopic (exact) mass is 268 g/mol. The van der Waals surface area contributed by atoms with Crippen LogP contribution in [0, 0.1) is 11.8 Å². The maximum Gasteiger partial charge on any atom is 0.0705 e. The Balaban J connectivity index is 1.87. The molecule has 1 aromatic carbocycles. The van der Waals surface area contributed by atoms with Crippen molar-refractivity contribution in [3.63, 3.8) is 0 Å². The van der Waals surface area contributed by atoms with Crippen molar-refractivity contribution < 1.29 is 0 Å². The maximum absolute atomic E-state index is 4.49. The summed E-state index contributed by atoms with van der Waals surface area (Å²) in [6.07, 6.45) is 7.30. The molecule has 0 bridgehead atoms. The summed E-state index contributed by atoms with van der Waals surface area (Å²) in [7, 11) is 2.09. The molecule has 0 radical (unpaired) electrons. The van der Waals surface area contributed by atoms with Gasteiger partial charge in [-0.3, -0.25) is 4.98 Å². The van der Waals surface area contributed by atoms with E-state index in [4.69, 9.17) is 0 Å². The number of nitrogens with one attached hydrogen (secondary N) is 1. The van der Waals surface area contributed by atoms with E-state index in [0.717, 1.165) is 17.4 Å². The summed E-state index contributed by atoms with van der Waals surface area (Å²) in [5.41, 5.74) is 2.49. The first-order valence-corrected chi connectivity index (χ1v) is 7.80. The Morgan fingerprint density at radius 2 is 1.95 bits per heavy atom. The van der Waals surface area contributed by atoms with E-state index in [0.29, 0.717) is 6.04 Å². The molecule has 106 valence electrons. The summed E-state index contributed by atoms with van der Waals surface area (Å²) in [6.45, 7) is 2.38. The number of pyridine rings is 1. The molecule has 2 nitrogen and oxygen atoms in total. The van der Waals surface area contributed by atoms with Crippen LogP contribution in [0.5, 0.6) is 0 Å². The number of rotatable bonds is 3. The molecule has 1 fully saturated rings. The van der Waals surface area contributed by atoms with Crippen molar-refractivity contribution >= 4 is 10.9 Å². The molecule has 1 aliphatic carbocycles. The van der Waals surface area contributed by atoms with Crippen LogP contribution >= 0.6 is 0 Å². The van der Waals surface area contributed by atoms with Crippen LogP contribution in [-0.4, -0.2) is 12.0 Å². The Kier molecular flexibility index (Phi) is 4.02. The van der Waals surface area contributed by atoms with E-state index in [1.165, 1.54) is 36.6 Å². The van der Waals surface area contributed by atoms with Crippen LogP contribution in [-0.2, 0) is 0 Å². The fourth-order valence-electron chi connectivity index (χ4n) is 3.57. The van der Waals surface area contributed by atoms with Gasteiger partial charge in [-0.2, -0.15) is 0 Å². The number of nitrogens with zero attached hydrogens (tertiary/aromatic N) is 1. The Morgan fingerprint density at radius 1 is 1.15 bits per heavy atom. The third kappa shape index (κ3) is 2.71. The van der Waals surface area contributed by atoms with Gasteiger partial charge in [0.2, 0.25) is 0 Å². The highest BCUT2D eigenvalue weighted by Gasteiger charge is 2.26. The van der Waals surface area contributed by atoms with E-state index in [1.54, 1.807) is 0 Å². The first-order valence-electron chi connectivity index (χ1n) is 7.80. The van der Waals surface area contributed by atoms with Crippen molar-refractivity contribution in [3.05, 3.63) is 42.1 Å². The van der Waals surface area contributed by atoms with Gasteiger partial charge in [0.15, 0.2) is 0 Å². The maximum atomic E-state index is 4.49. The highest BCUT2D eigenvalue weighted by atomic mass is 14.9. The standard InChI is InChI=1S/C18H24N2/c1-13-5-7-15(8-6-13)18(19-2)16-10-9-14-4-3-11-20-17(14)12-16/h3-4,9-13,15,18-19H,5-8H2,1-2H3. The van der Waals surface area contributed by atoms with Gasteiger partial charge in [0.1, 0.15) is 0 Å². The Labute approximate surface area is 121 Å². The third-order valence-electron chi connectivity index (χ3n) is 4.83. The number of hydrogen-bond donors (Lipinski definition) is 1. The number of hydrogen-bond acceptors (Lipinski definition) is 2. The lowest BCUT2D eigenvalue weighted by molar-refractivity contribution is 0.238. The second-order valence-corrected chi connectivity index (χ2v) is 6.24. The van der Waals surface area contributed by atoms with Crippen molar-refractivity contribution in [3.8, 4) is 0 Å². The van der Waals surface area contributed by atoms with Crippen molar-refractivity contribution in [1.82, 2.24) is 10.3 Å². The van der Waals surface area contributed by atoms with Gasteiger partial charge < -0.3 is 5.32 Å². The summed E-state index contributed by atoms with van der Waals surface area (Å²) in [4.78, 5) is 4.49. The molecule has 1 heterocycles. The Hall–Kier alpha value is -1.41. The van der Waals surface area contributed by atoms with Crippen LogP contribution < -0.4 is 5.32 Å². The molecule has 0 aliphatic heterocycles. The largest absolute Gasteiger partial charge is 0.313 e. The van der Waals surface area contributed by atoms with Gasteiger partial charge in [-0.1, -0.05) is 38.0 Å². The topological polar surface area (TPSA) is 24.9 Å². The van der Waals surface area contributed by atoms with Crippen LogP contribution in [0.3, 0.4) is 0 Å². The molecule has 2 heteroatoms. The van der Waals surface area contributed by atoms with Gasteiger partial charge in [-0.05, 0) is 49.4 Å². The molecular formula is C18H24N2. The van der Waals surface area contributed by atoms with Gasteiger partial charge >= 0.3 is 0 Å². The summed E-state index contributed by atoms with van der Waals surface area (Å²) in [5.74, 6) is 1.67. The van der Waals surface area contributed by atoms with E-state index in [-0.39, 0.29) is 0 Å². The molecule has 1 aromatic heterocycles. The third-order valence-corrected chi connectivity index (χ3v) is 4.83. The molecule has 1 aliphatic rings. The van der Waals surface area contributed by atoms with Crippen LogP contribution in [0.1, 0.15) is 44.2 Å². The molecule has 1 N–H and O–H groups in total. The number of benzene rings is 1. The zero-order valence-electron chi connectivity index (χ0n) is 12.5. The van der Waals surface area contributed by atoms with Crippen LogP contribution in [0.25, 0.3) is 10.9 Å². The molecule has 0 spiro atoms. The summed E-state index contributed by atoms with van der Waals surface area (Å²) in [5, 5.41) is 4.77. The molecule has 3 rings (SSSR count). The minimum absolute atomic E-state index is 0.467. The van der Waals surface area contributed by atoms with Gasteiger partial charge in [-0.25, -0.2) is 0 Å². The quantitative estimate of drug-likeness (QED) is 0.896. The first-order chi connectivity index (χ1) is 9.78. The van der Waals surface area contributed by atoms with Gasteiger partial charge in [0.25, 0.3) is 0 Å². The van der Waals surface area contributed by atoms with E-state index in [2.05, 4.69) is 48.5 Å². The van der Waals surface area contributed by atoms with Crippen LogP contribution in [0.2, 0.25) is 0 Å². The van der Waals surface area contributed by atoms with E-state index < -0.39 is 0 Å². The minimum Gasteiger partial charge on any atom is -0.313 e. The molecule has 2 aromatic rings. The van der Waals surface area contributed by atoms with Crippen molar-refractivity contribution in [2.24, 2.45) is 11.8 Å². The Morgan fingerprint density at radius 3 is 2.70 bits per heavy atom. The second-order valence-electron chi connectivity index (χ2n) is 6.24. The average molecular weight is 268 g/mol.